The fourth-order valence-corrected chi connectivity index (χ4v) is 2.04. The molecule has 3 rings (SSSR count). The fraction of sp³-hybridized carbons (Fsp3) is 0.333. The highest BCUT2D eigenvalue weighted by Crippen LogP contribution is 2.39. The molecule has 0 atom stereocenters. The zero-order chi connectivity index (χ0) is 9.54. The van der Waals surface area contributed by atoms with Crippen LogP contribution in [0, 0.1) is 0 Å². The third-order valence-corrected chi connectivity index (χ3v) is 3.13. The number of nitrogens with two attached hydrogens (primary N) is 1. The Morgan fingerprint density at radius 1 is 1.50 bits per heavy atom. The van der Waals surface area contributed by atoms with Gasteiger partial charge in [0.1, 0.15) is 5.00 Å². The smallest absolute Gasteiger partial charge is 0.212 e. The summed E-state index contributed by atoms with van der Waals surface area (Å²) < 4.78 is 1.80. The van der Waals surface area contributed by atoms with Crippen LogP contribution in [0.15, 0.2) is 18.5 Å². The maximum atomic E-state index is 5.61. The predicted molar refractivity (Wildman–Crippen MR) is 55.6 cm³/mol. The maximum absolute atomic E-state index is 5.61. The molecule has 0 radical (unpaired) electrons. The number of aromatic nitrogens is 3. The standard InChI is InChI=1S/C9H10N4S/c10-8-5-11-9(14-8)13-4-3-7(12-13)6-1-2-6/h3-6H,1-2,10H2. The molecule has 0 unspecified atom stereocenters. The van der Waals surface area contributed by atoms with Crippen molar-refractivity contribution in [2.75, 3.05) is 5.73 Å². The molecule has 4 nitrogen and oxygen atoms in total. The maximum Gasteiger partial charge on any atom is 0.212 e. The van der Waals surface area contributed by atoms with Crippen molar-refractivity contribution in [3.63, 3.8) is 0 Å². The van der Waals surface area contributed by atoms with Gasteiger partial charge < -0.3 is 5.73 Å². The quantitative estimate of drug-likeness (QED) is 0.815. The van der Waals surface area contributed by atoms with Gasteiger partial charge in [-0.15, -0.1) is 0 Å². The Morgan fingerprint density at radius 3 is 3.00 bits per heavy atom. The van der Waals surface area contributed by atoms with Gasteiger partial charge in [-0.25, -0.2) is 9.67 Å². The Bertz CT molecular complexity index is 455. The molecule has 0 aliphatic heterocycles. The summed E-state index contributed by atoms with van der Waals surface area (Å²) in [7, 11) is 0. The van der Waals surface area contributed by atoms with Crippen molar-refractivity contribution < 1.29 is 0 Å². The molecular weight excluding hydrogens is 196 g/mol. The van der Waals surface area contributed by atoms with E-state index < -0.39 is 0 Å². The van der Waals surface area contributed by atoms with Gasteiger partial charge in [0.25, 0.3) is 0 Å². The minimum atomic E-state index is 0.688. The minimum Gasteiger partial charge on any atom is -0.389 e. The van der Waals surface area contributed by atoms with Crippen molar-refractivity contribution in [1.82, 2.24) is 14.8 Å². The van der Waals surface area contributed by atoms with Crippen molar-refractivity contribution in [1.29, 1.82) is 0 Å². The van der Waals surface area contributed by atoms with E-state index in [1.807, 2.05) is 6.20 Å². The molecule has 0 amide bonds. The normalized spacial score (nSPS) is 16.0. The first kappa shape index (κ1) is 7.99. The zero-order valence-corrected chi connectivity index (χ0v) is 8.37. The Balaban J connectivity index is 1.95. The highest BCUT2D eigenvalue weighted by atomic mass is 32.1. The van der Waals surface area contributed by atoms with E-state index in [-0.39, 0.29) is 0 Å². The van der Waals surface area contributed by atoms with Gasteiger partial charge in [0.15, 0.2) is 0 Å². The monoisotopic (exact) mass is 206 g/mol. The summed E-state index contributed by atoms with van der Waals surface area (Å²) in [5.74, 6) is 0.688. The lowest BCUT2D eigenvalue weighted by atomic mass is 10.3. The number of hydrogen-bond acceptors (Lipinski definition) is 4. The first-order valence-electron chi connectivity index (χ1n) is 4.60. The average molecular weight is 206 g/mol. The number of nitrogens with zero attached hydrogens (tertiary/aromatic N) is 3. The van der Waals surface area contributed by atoms with E-state index in [2.05, 4.69) is 16.1 Å². The van der Waals surface area contributed by atoms with Crippen LogP contribution in [-0.4, -0.2) is 14.8 Å². The van der Waals surface area contributed by atoms with Crippen molar-refractivity contribution in [2.24, 2.45) is 0 Å². The summed E-state index contributed by atoms with van der Waals surface area (Å²) in [5.41, 5.74) is 6.79. The van der Waals surface area contributed by atoms with Gasteiger partial charge in [0, 0.05) is 12.1 Å². The molecule has 0 spiro atoms. The predicted octanol–water partition coefficient (Wildman–Crippen LogP) is 1.79. The topological polar surface area (TPSA) is 56.7 Å². The summed E-state index contributed by atoms with van der Waals surface area (Å²) in [5, 5.41) is 6.03. The molecule has 0 bridgehead atoms. The molecule has 1 aliphatic rings. The third-order valence-electron chi connectivity index (χ3n) is 2.31. The molecule has 2 heterocycles. The molecule has 72 valence electrons. The van der Waals surface area contributed by atoms with Gasteiger partial charge in [-0.1, -0.05) is 11.3 Å². The van der Waals surface area contributed by atoms with Gasteiger partial charge in [0.2, 0.25) is 5.13 Å². The summed E-state index contributed by atoms with van der Waals surface area (Å²) in [6.45, 7) is 0. The molecule has 1 saturated carbocycles. The van der Waals surface area contributed by atoms with Crippen LogP contribution in [0.3, 0.4) is 0 Å². The van der Waals surface area contributed by atoms with Crippen molar-refractivity contribution in [3.8, 4) is 5.13 Å². The second-order valence-corrected chi connectivity index (χ2v) is 4.55. The molecule has 2 aromatic rings. The Morgan fingerprint density at radius 2 is 2.36 bits per heavy atom. The summed E-state index contributed by atoms with van der Waals surface area (Å²) in [6, 6.07) is 2.06. The molecule has 1 fully saturated rings. The number of hydrogen-bond donors (Lipinski definition) is 1. The van der Waals surface area contributed by atoms with E-state index in [1.54, 1.807) is 10.9 Å². The largest absolute Gasteiger partial charge is 0.389 e. The SMILES string of the molecule is Nc1cnc(-n2ccc(C3CC3)n2)s1. The van der Waals surface area contributed by atoms with E-state index >= 15 is 0 Å². The van der Waals surface area contributed by atoms with Crippen LogP contribution in [0.4, 0.5) is 5.00 Å². The highest BCUT2D eigenvalue weighted by molar-refractivity contribution is 7.17. The summed E-state index contributed by atoms with van der Waals surface area (Å²) in [4.78, 5) is 4.17. The molecule has 2 aromatic heterocycles. The molecule has 2 N–H and O–H groups in total. The number of rotatable bonds is 2. The highest BCUT2D eigenvalue weighted by Gasteiger charge is 2.26. The fourth-order valence-electron chi connectivity index (χ4n) is 1.42. The molecule has 5 heteroatoms. The van der Waals surface area contributed by atoms with Crippen LogP contribution in [0.25, 0.3) is 5.13 Å². The van der Waals surface area contributed by atoms with Crippen LogP contribution < -0.4 is 5.73 Å². The van der Waals surface area contributed by atoms with Crippen LogP contribution >= 0.6 is 11.3 Å². The Hall–Kier alpha value is -1.36. The zero-order valence-electron chi connectivity index (χ0n) is 7.55. The van der Waals surface area contributed by atoms with E-state index in [4.69, 9.17) is 5.73 Å². The lowest BCUT2D eigenvalue weighted by Crippen LogP contribution is -1.94. The second kappa shape index (κ2) is 2.81. The molecule has 0 aromatic carbocycles. The van der Waals surface area contributed by atoms with E-state index in [1.165, 1.54) is 29.9 Å². The van der Waals surface area contributed by atoms with Gasteiger partial charge in [-0.05, 0) is 18.9 Å². The third kappa shape index (κ3) is 1.29. The van der Waals surface area contributed by atoms with Crippen molar-refractivity contribution in [2.45, 2.75) is 18.8 Å². The van der Waals surface area contributed by atoms with E-state index in [9.17, 15) is 0 Å². The Labute approximate surface area is 85.4 Å². The van der Waals surface area contributed by atoms with Crippen LogP contribution in [0.5, 0.6) is 0 Å². The lowest BCUT2D eigenvalue weighted by Gasteiger charge is -1.92. The van der Waals surface area contributed by atoms with E-state index in [0.717, 1.165) is 10.1 Å². The first-order chi connectivity index (χ1) is 6.83. The van der Waals surface area contributed by atoms with Gasteiger partial charge >= 0.3 is 0 Å². The molecule has 1 aliphatic carbocycles. The average Bonchev–Trinajstić information content (AvgIpc) is 2.76. The van der Waals surface area contributed by atoms with Gasteiger partial charge in [0.05, 0.1) is 11.9 Å². The summed E-state index contributed by atoms with van der Waals surface area (Å²) >= 11 is 1.45. The number of anilines is 1. The Kier molecular flexibility index (Phi) is 1.61. The van der Waals surface area contributed by atoms with Gasteiger partial charge in [-0.3, -0.25) is 0 Å². The van der Waals surface area contributed by atoms with Crippen LogP contribution in [-0.2, 0) is 0 Å². The second-order valence-electron chi connectivity index (χ2n) is 3.50. The molecular formula is C9H10N4S. The van der Waals surface area contributed by atoms with E-state index in [0.29, 0.717) is 5.92 Å². The number of nitrogen functional groups attached to an aromatic ring is 1. The van der Waals surface area contributed by atoms with Gasteiger partial charge in [-0.2, -0.15) is 5.10 Å². The summed E-state index contributed by atoms with van der Waals surface area (Å²) in [6.07, 6.45) is 6.17. The van der Waals surface area contributed by atoms with Crippen LogP contribution in [0.2, 0.25) is 0 Å². The minimum absolute atomic E-state index is 0.688. The number of thiazole rings is 1. The molecule has 14 heavy (non-hydrogen) atoms. The lowest BCUT2D eigenvalue weighted by molar-refractivity contribution is 0.830. The van der Waals surface area contributed by atoms with Crippen LogP contribution in [0.1, 0.15) is 24.5 Å². The van der Waals surface area contributed by atoms with Crippen molar-refractivity contribution in [3.05, 3.63) is 24.2 Å². The first-order valence-corrected chi connectivity index (χ1v) is 5.42. The molecule has 0 saturated heterocycles. The van der Waals surface area contributed by atoms with Crippen molar-refractivity contribution >= 4 is 16.3 Å².